The van der Waals surface area contributed by atoms with Crippen molar-refractivity contribution in [2.75, 3.05) is 13.1 Å². The number of hydrogen-bond donors (Lipinski definition) is 1. The Bertz CT molecular complexity index is 187. The molecule has 0 rings (SSSR count). The molecule has 0 bridgehead atoms. The van der Waals surface area contributed by atoms with Crippen LogP contribution in [0, 0.1) is 17.2 Å². The molecule has 0 aromatic carbocycles. The molecule has 0 saturated carbocycles. The van der Waals surface area contributed by atoms with Crippen molar-refractivity contribution in [1.82, 2.24) is 5.32 Å². The van der Waals surface area contributed by atoms with Crippen molar-refractivity contribution in [3.63, 3.8) is 0 Å². The van der Waals surface area contributed by atoms with Gasteiger partial charge in [0, 0.05) is 6.54 Å². The van der Waals surface area contributed by atoms with E-state index >= 15 is 0 Å². The zero-order valence-electron chi connectivity index (χ0n) is 7.03. The van der Waals surface area contributed by atoms with Crippen LogP contribution in [-0.4, -0.2) is 25.4 Å². The predicted octanol–water partition coefficient (Wildman–Crippen LogP) is 1.64. The molecule has 0 fully saturated rings. The third kappa shape index (κ3) is 4.68. The number of nitriles is 1. The average Bonchev–Trinajstić information content (AvgIpc) is 2.03. The summed E-state index contributed by atoms with van der Waals surface area (Å²) in [6.45, 7) is 0.392. The topological polar surface area (TPSA) is 35.8 Å². The Morgan fingerprint density at radius 1 is 1.46 bits per heavy atom. The first-order valence-electron chi connectivity index (χ1n) is 3.66. The first-order chi connectivity index (χ1) is 5.90. The third-order valence-electron chi connectivity index (χ3n) is 1.35. The molecule has 6 heteroatoms. The van der Waals surface area contributed by atoms with Crippen LogP contribution in [0.3, 0.4) is 0 Å². The average molecular weight is 198 g/mol. The van der Waals surface area contributed by atoms with Gasteiger partial charge < -0.3 is 5.32 Å². The highest BCUT2D eigenvalue weighted by atomic mass is 19.3. The Balaban J connectivity index is 3.71. The Morgan fingerprint density at radius 3 is 2.38 bits per heavy atom. The molecule has 13 heavy (non-hydrogen) atoms. The van der Waals surface area contributed by atoms with E-state index in [0.717, 1.165) is 0 Å². The molecule has 0 aromatic heterocycles. The lowest BCUT2D eigenvalue weighted by atomic mass is 10.2. The normalized spacial score (nSPS) is 14.2. The highest BCUT2D eigenvalue weighted by Gasteiger charge is 2.39. The van der Waals surface area contributed by atoms with Crippen molar-refractivity contribution in [2.45, 2.75) is 19.3 Å². The summed E-state index contributed by atoms with van der Waals surface area (Å²) in [6.07, 6.45) is -3.67. The molecule has 0 aliphatic carbocycles. The minimum Gasteiger partial charge on any atom is -0.310 e. The maximum absolute atomic E-state index is 12.2. The molecule has 0 aliphatic heterocycles. The van der Waals surface area contributed by atoms with Gasteiger partial charge in [-0.25, -0.2) is 8.78 Å². The summed E-state index contributed by atoms with van der Waals surface area (Å²) >= 11 is 0. The largest absolute Gasteiger partial charge is 0.319 e. The summed E-state index contributed by atoms with van der Waals surface area (Å²) in [5, 5.41) is 10.4. The van der Waals surface area contributed by atoms with Gasteiger partial charge in [-0.3, -0.25) is 0 Å². The molecule has 1 atom stereocenters. The number of rotatable bonds is 5. The number of halogens is 4. The summed E-state index contributed by atoms with van der Waals surface area (Å²) < 4.78 is 47.5. The summed E-state index contributed by atoms with van der Waals surface area (Å²) in [5.74, 6) is -4.48. The molecule has 0 aliphatic rings. The maximum Gasteiger partial charge on any atom is 0.319 e. The van der Waals surface area contributed by atoms with Crippen LogP contribution in [0.25, 0.3) is 0 Å². The molecule has 1 unspecified atom stereocenters. The molecule has 1 N–H and O–H groups in total. The Hall–Kier alpha value is -0.830. The summed E-state index contributed by atoms with van der Waals surface area (Å²) in [4.78, 5) is 0. The van der Waals surface area contributed by atoms with Crippen molar-refractivity contribution in [2.24, 2.45) is 5.92 Å². The first-order valence-corrected chi connectivity index (χ1v) is 3.66. The van der Waals surface area contributed by atoms with E-state index < -0.39 is 24.8 Å². The smallest absolute Gasteiger partial charge is 0.310 e. The lowest BCUT2D eigenvalue weighted by Crippen LogP contribution is -2.40. The fourth-order valence-corrected chi connectivity index (χ4v) is 0.578. The minimum absolute atomic E-state index is 0.0151. The predicted molar refractivity (Wildman–Crippen MR) is 38.6 cm³/mol. The second-order valence-electron chi connectivity index (χ2n) is 2.72. The van der Waals surface area contributed by atoms with Gasteiger partial charge in [0.25, 0.3) is 0 Å². The summed E-state index contributed by atoms with van der Waals surface area (Å²) in [6, 6.07) is 1.79. The van der Waals surface area contributed by atoms with Crippen LogP contribution in [0.5, 0.6) is 0 Å². The van der Waals surface area contributed by atoms with Gasteiger partial charge in [-0.15, -0.1) is 0 Å². The molecule has 0 radical (unpaired) electrons. The van der Waals surface area contributed by atoms with Crippen LogP contribution >= 0.6 is 0 Å². The molecule has 0 spiro atoms. The zero-order valence-corrected chi connectivity index (χ0v) is 7.03. The van der Waals surface area contributed by atoms with Gasteiger partial charge in [-0.05, 0) is 6.92 Å². The molecular formula is C7H10F4N2. The highest BCUT2D eigenvalue weighted by Crippen LogP contribution is 2.21. The van der Waals surface area contributed by atoms with Crippen molar-refractivity contribution >= 4 is 0 Å². The highest BCUT2D eigenvalue weighted by molar-refractivity contribution is 4.81. The second-order valence-corrected chi connectivity index (χ2v) is 2.72. The molecule has 76 valence electrons. The van der Waals surface area contributed by atoms with Crippen LogP contribution in [0.2, 0.25) is 0 Å². The van der Waals surface area contributed by atoms with Crippen molar-refractivity contribution < 1.29 is 17.6 Å². The van der Waals surface area contributed by atoms with E-state index in [1.807, 2.05) is 0 Å². The Morgan fingerprint density at radius 2 is 2.00 bits per heavy atom. The van der Waals surface area contributed by atoms with Gasteiger partial charge in [0.1, 0.15) is 0 Å². The molecule has 0 amide bonds. The van der Waals surface area contributed by atoms with Crippen LogP contribution < -0.4 is 5.32 Å². The van der Waals surface area contributed by atoms with E-state index in [9.17, 15) is 17.6 Å². The van der Waals surface area contributed by atoms with Gasteiger partial charge >= 0.3 is 12.3 Å². The fourth-order valence-electron chi connectivity index (χ4n) is 0.578. The minimum atomic E-state index is -4.02. The van der Waals surface area contributed by atoms with E-state index in [0.29, 0.717) is 0 Å². The Kier molecular flexibility index (Phi) is 4.70. The van der Waals surface area contributed by atoms with Crippen molar-refractivity contribution in [3.05, 3.63) is 0 Å². The summed E-state index contributed by atoms with van der Waals surface area (Å²) in [7, 11) is 0. The van der Waals surface area contributed by atoms with E-state index in [1.165, 1.54) is 6.92 Å². The number of nitrogens with zero attached hydrogens (tertiary/aromatic N) is 1. The SMILES string of the molecule is CC(C#N)CNCC(F)(F)C(F)F. The van der Waals surface area contributed by atoms with E-state index in [2.05, 4.69) is 5.32 Å². The van der Waals surface area contributed by atoms with E-state index in [1.54, 1.807) is 6.07 Å². The van der Waals surface area contributed by atoms with Gasteiger partial charge in [0.05, 0.1) is 18.5 Å². The van der Waals surface area contributed by atoms with Crippen LogP contribution in [0.1, 0.15) is 6.92 Å². The van der Waals surface area contributed by atoms with Crippen molar-refractivity contribution in [3.8, 4) is 6.07 Å². The molecular weight excluding hydrogens is 188 g/mol. The number of hydrogen-bond acceptors (Lipinski definition) is 2. The van der Waals surface area contributed by atoms with E-state index in [-0.39, 0.29) is 6.54 Å². The maximum atomic E-state index is 12.2. The first kappa shape index (κ1) is 12.2. The van der Waals surface area contributed by atoms with Gasteiger partial charge in [-0.1, -0.05) is 0 Å². The van der Waals surface area contributed by atoms with Crippen molar-refractivity contribution in [1.29, 1.82) is 5.26 Å². The van der Waals surface area contributed by atoms with Crippen LogP contribution in [-0.2, 0) is 0 Å². The molecule has 0 aromatic rings. The lowest BCUT2D eigenvalue weighted by molar-refractivity contribution is -0.125. The van der Waals surface area contributed by atoms with Gasteiger partial charge in [-0.2, -0.15) is 14.0 Å². The van der Waals surface area contributed by atoms with Crippen LogP contribution in [0.4, 0.5) is 17.6 Å². The quantitative estimate of drug-likeness (QED) is 0.681. The molecule has 2 nitrogen and oxygen atoms in total. The monoisotopic (exact) mass is 198 g/mol. The Labute approximate surface area is 73.5 Å². The number of nitrogens with one attached hydrogen (secondary N) is 1. The summed E-state index contributed by atoms with van der Waals surface area (Å²) in [5.41, 5.74) is 0. The van der Waals surface area contributed by atoms with E-state index in [4.69, 9.17) is 5.26 Å². The number of alkyl halides is 4. The second kappa shape index (κ2) is 5.02. The van der Waals surface area contributed by atoms with Crippen LogP contribution in [0.15, 0.2) is 0 Å². The fraction of sp³-hybridized carbons (Fsp3) is 0.857. The van der Waals surface area contributed by atoms with Gasteiger partial charge in [0.15, 0.2) is 0 Å². The zero-order chi connectivity index (χ0) is 10.5. The third-order valence-corrected chi connectivity index (χ3v) is 1.35. The standard InChI is InChI=1S/C7H10F4N2/c1-5(2-12)3-13-4-7(10,11)6(8)9/h5-6,13H,3-4H2,1H3. The van der Waals surface area contributed by atoms with Gasteiger partial charge in [0.2, 0.25) is 0 Å². The lowest BCUT2D eigenvalue weighted by Gasteiger charge is -2.15. The molecule has 0 saturated heterocycles. The molecule has 0 heterocycles.